The van der Waals surface area contributed by atoms with Crippen LogP contribution in [0.2, 0.25) is 0 Å². The van der Waals surface area contributed by atoms with Crippen LogP contribution in [0, 0.1) is 41.8 Å². The minimum absolute atomic E-state index is 0.222. The van der Waals surface area contributed by atoms with Gasteiger partial charge in [-0.05, 0) is 96.0 Å². The lowest BCUT2D eigenvalue weighted by molar-refractivity contribution is -0.0110. The highest BCUT2D eigenvalue weighted by Crippen LogP contribution is 2.40. The average molecular weight is 532 g/mol. The van der Waals surface area contributed by atoms with Crippen molar-refractivity contribution in [1.29, 1.82) is 0 Å². The van der Waals surface area contributed by atoms with Crippen molar-refractivity contribution in [3.63, 3.8) is 0 Å². The predicted octanol–water partition coefficient (Wildman–Crippen LogP) is 8.99. The number of hydrogen-bond donors (Lipinski definition) is 0. The van der Waals surface area contributed by atoms with Crippen LogP contribution in [0.15, 0.2) is 54.6 Å². The molecule has 196 valence electrons. The molecular formula is C30H20F8. The maximum absolute atomic E-state index is 15.0. The fourth-order valence-corrected chi connectivity index (χ4v) is 4.98. The Kier molecular flexibility index (Phi) is 6.53. The van der Waals surface area contributed by atoms with Crippen LogP contribution in [0.1, 0.15) is 34.2 Å². The van der Waals surface area contributed by atoms with E-state index in [0.29, 0.717) is 29.8 Å². The minimum atomic E-state index is -4.21. The summed E-state index contributed by atoms with van der Waals surface area (Å²) < 4.78 is 117. The van der Waals surface area contributed by atoms with Gasteiger partial charge in [0.1, 0.15) is 34.9 Å². The highest BCUT2D eigenvalue weighted by atomic mass is 19.3. The molecule has 0 nitrogen and oxygen atoms in total. The van der Waals surface area contributed by atoms with Gasteiger partial charge in [-0.1, -0.05) is 18.2 Å². The molecule has 0 unspecified atom stereocenters. The van der Waals surface area contributed by atoms with E-state index in [1.54, 1.807) is 6.07 Å². The van der Waals surface area contributed by atoms with Gasteiger partial charge in [0.25, 0.3) is 5.92 Å². The molecule has 4 aromatic carbocycles. The molecule has 0 fully saturated rings. The number of aryl methyl sites for hydroxylation is 2. The Morgan fingerprint density at radius 1 is 0.605 bits per heavy atom. The van der Waals surface area contributed by atoms with Crippen LogP contribution in [-0.4, -0.2) is 0 Å². The van der Waals surface area contributed by atoms with Crippen LogP contribution in [0.5, 0.6) is 0 Å². The van der Waals surface area contributed by atoms with Crippen molar-refractivity contribution >= 4 is 0 Å². The van der Waals surface area contributed by atoms with Crippen LogP contribution < -0.4 is 0 Å². The third-order valence-corrected chi connectivity index (χ3v) is 6.94. The lowest BCUT2D eigenvalue weighted by Crippen LogP contribution is -2.21. The molecule has 0 aliphatic heterocycles. The Bertz CT molecular complexity index is 1500. The zero-order valence-electron chi connectivity index (χ0n) is 20.0. The molecule has 0 radical (unpaired) electrons. The van der Waals surface area contributed by atoms with E-state index in [9.17, 15) is 26.3 Å². The highest BCUT2D eigenvalue weighted by molar-refractivity contribution is 5.73. The lowest BCUT2D eigenvalue weighted by atomic mass is 9.94. The second-order valence-corrected chi connectivity index (χ2v) is 9.53. The van der Waals surface area contributed by atoms with Gasteiger partial charge in [-0.2, -0.15) is 0 Å². The van der Waals surface area contributed by atoms with E-state index < -0.39 is 69.5 Å². The molecule has 0 spiro atoms. The van der Waals surface area contributed by atoms with Crippen LogP contribution in [0.3, 0.4) is 0 Å². The van der Waals surface area contributed by atoms with Gasteiger partial charge < -0.3 is 0 Å². The number of benzene rings is 4. The van der Waals surface area contributed by atoms with Gasteiger partial charge in [0.05, 0.1) is 11.1 Å². The van der Waals surface area contributed by atoms with Gasteiger partial charge in [-0.25, -0.2) is 35.1 Å². The first kappa shape index (κ1) is 25.9. The first-order chi connectivity index (χ1) is 17.9. The van der Waals surface area contributed by atoms with Crippen molar-refractivity contribution in [3.05, 3.63) is 117 Å². The first-order valence-electron chi connectivity index (χ1n) is 11.9. The first-order valence-corrected chi connectivity index (χ1v) is 11.9. The van der Waals surface area contributed by atoms with Crippen molar-refractivity contribution < 1.29 is 35.1 Å². The van der Waals surface area contributed by atoms with E-state index in [-0.39, 0.29) is 11.1 Å². The molecule has 8 heteroatoms. The molecule has 0 N–H and O–H groups in total. The third kappa shape index (κ3) is 4.68. The lowest BCUT2D eigenvalue weighted by Gasteiger charge is -2.20. The third-order valence-electron chi connectivity index (χ3n) is 6.94. The fraction of sp³-hybridized carbons (Fsp3) is 0.200. The normalized spacial score (nSPS) is 13.2. The van der Waals surface area contributed by atoms with E-state index in [1.165, 1.54) is 5.56 Å². The number of fused-ring (bicyclic) bond motifs is 1. The molecule has 5 rings (SSSR count). The van der Waals surface area contributed by atoms with Gasteiger partial charge in [-0.3, -0.25) is 0 Å². The highest BCUT2D eigenvalue weighted by Gasteiger charge is 2.39. The van der Waals surface area contributed by atoms with Gasteiger partial charge in [0.15, 0.2) is 0 Å². The smallest absolute Gasteiger partial charge is 0.207 e. The monoisotopic (exact) mass is 532 g/mol. The van der Waals surface area contributed by atoms with Crippen LogP contribution in [-0.2, 0) is 25.2 Å². The quantitative estimate of drug-likeness (QED) is 0.225. The van der Waals surface area contributed by atoms with Gasteiger partial charge >= 0.3 is 0 Å². The zero-order chi connectivity index (χ0) is 27.4. The number of hydrogen-bond acceptors (Lipinski definition) is 0. The van der Waals surface area contributed by atoms with Crippen LogP contribution in [0.25, 0.3) is 22.3 Å². The summed E-state index contributed by atoms with van der Waals surface area (Å²) in [5, 5.41) is 0. The maximum atomic E-state index is 15.0. The SMILES string of the molecule is Cc1c(F)cc(CC(F)(F)c2c(F)cc(-c3c(F)cc(-c4ccc5c(c4)CCC5)cc3F)cc2F)cc1F. The van der Waals surface area contributed by atoms with Crippen molar-refractivity contribution in [3.8, 4) is 22.3 Å². The van der Waals surface area contributed by atoms with E-state index in [4.69, 9.17) is 0 Å². The Morgan fingerprint density at radius 2 is 1.16 bits per heavy atom. The van der Waals surface area contributed by atoms with E-state index >= 15 is 8.78 Å². The summed E-state index contributed by atoms with van der Waals surface area (Å²) in [6.07, 6.45) is 1.38. The molecule has 1 aliphatic carbocycles. The molecule has 0 atom stereocenters. The summed E-state index contributed by atoms with van der Waals surface area (Å²) >= 11 is 0. The molecule has 38 heavy (non-hydrogen) atoms. The molecule has 0 aromatic heterocycles. The fourth-order valence-electron chi connectivity index (χ4n) is 4.98. The minimum Gasteiger partial charge on any atom is -0.207 e. The van der Waals surface area contributed by atoms with Crippen molar-refractivity contribution in [1.82, 2.24) is 0 Å². The predicted molar refractivity (Wildman–Crippen MR) is 128 cm³/mol. The standard InChI is InChI=1S/C30H20F8/c1-15-22(31)7-16(8-23(15)32)14-30(37,38)29-26(35)12-21(13-27(29)36)28-24(33)10-20(11-25(28)34)19-6-5-17-3-2-4-18(17)9-19/h5-13H,2-4,14H2,1H3. The van der Waals surface area contributed by atoms with E-state index in [2.05, 4.69) is 0 Å². The molecule has 0 heterocycles. The zero-order valence-corrected chi connectivity index (χ0v) is 20.0. The average Bonchev–Trinajstić information content (AvgIpc) is 3.29. The molecular weight excluding hydrogens is 512 g/mol. The summed E-state index contributed by atoms with van der Waals surface area (Å²) in [5.74, 6) is -12.1. The van der Waals surface area contributed by atoms with E-state index in [1.807, 2.05) is 12.1 Å². The summed E-state index contributed by atoms with van der Waals surface area (Å²) in [5.41, 5.74) is -0.893. The number of alkyl halides is 2. The molecule has 0 saturated heterocycles. The Morgan fingerprint density at radius 3 is 1.76 bits per heavy atom. The molecule has 0 bridgehead atoms. The van der Waals surface area contributed by atoms with Crippen molar-refractivity contribution in [2.45, 2.75) is 38.5 Å². The maximum Gasteiger partial charge on any atom is 0.282 e. The van der Waals surface area contributed by atoms with Crippen molar-refractivity contribution in [2.24, 2.45) is 0 Å². The Hall–Kier alpha value is -3.68. The van der Waals surface area contributed by atoms with Crippen LogP contribution >= 0.6 is 0 Å². The molecule has 0 amide bonds. The number of halogens is 8. The molecule has 0 saturated carbocycles. The van der Waals surface area contributed by atoms with Gasteiger partial charge in [0.2, 0.25) is 0 Å². The van der Waals surface area contributed by atoms with E-state index in [0.717, 1.165) is 43.9 Å². The van der Waals surface area contributed by atoms with Crippen molar-refractivity contribution in [2.75, 3.05) is 0 Å². The molecule has 4 aromatic rings. The summed E-state index contributed by atoms with van der Waals surface area (Å²) in [7, 11) is 0. The summed E-state index contributed by atoms with van der Waals surface area (Å²) in [6.45, 7) is 1.11. The van der Waals surface area contributed by atoms with Gasteiger partial charge in [0, 0.05) is 12.0 Å². The Balaban J connectivity index is 1.49. The van der Waals surface area contributed by atoms with Crippen LogP contribution in [0.4, 0.5) is 35.1 Å². The number of rotatable bonds is 5. The molecule has 1 aliphatic rings. The second kappa shape index (κ2) is 9.57. The summed E-state index contributed by atoms with van der Waals surface area (Å²) in [4.78, 5) is 0. The largest absolute Gasteiger partial charge is 0.282 e. The van der Waals surface area contributed by atoms with Gasteiger partial charge in [-0.15, -0.1) is 0 Å². The Labute approximate surface area is 213 Å². The topological polar surface area (TPSA) is 0 Å². The summed E-state index contributed by atoms with van der Waals surface area (Å²) in [6, 6.07) is 9.66. The second-order valence-electron chi connectivity index (χ2n) is 9.53.